The van der Waals surface area contributed by atoms with Gasteiger partial charge in [-0.3, -0.25) is 4.57 Å². The van der Waals surface area contributed by atoms with Gasteiger partial charge in [-0.05, 0) is 26.0 Å². The van der Waals surface area contributed by atoms with Gasteiger partial charge in [-0.2, -0.15) is 0 Å². The number of nitrogens with zero attached hydrogens (tertiary/aromatic N) is 2. The van der Waals surface area contributed by atoms with Crippen molar-refractivity contribution in [2.24, 2.45) is 0 Å². The number of aromatic nitrogens is 2. The average molecular weight is 313 g/mol. The molecule has 0 saturated heterocycles. The molecule has 0 unspecified atom stereocenters. The van der Waals surface area contributed by atoms with E-state index >= 15 is 0 Å². The highest BCUT2D eigenvalue weighted by molar-refractivity contribution is 6.31. The Labute approximate surface area is 125 Å². The Bertz CT molecular complexity index is 685. The van der Waals surface area contributed by atoms with Crippen LogP contribution in [0.4, 0.5) is 4.39 Å². The number of hydrogen-bond acceptors (Lipinski definition) is 4. The number of aryl methyl sites for hydroxylation is 1. The number of esters is 1. The molecule has 0 atom stereocenters. The molecule has 5 nitrogen and oxygen atoms in total. The molecule has 7 heteroatoms. The first-order chi connectivity index (χ1) is 10.0. The van der Waals surface area contributed by atoms with Crippen molar-refractivity contribution in [1.29, 1.82) is 0 Å². The van der Waals surface area contributed by atoms with E-state index in [9.17, 15) is 14.3 Å². The van der Waals surface area contributed by atoms with Crippen LogP contribution in [-0.2, 0) is 11.5 Å². The Kier molecular flexibility index (Phi) is 4.59. The van der Waals surface area contributed by atoms with Crippen LogP contribution in [0, 0.1) is 12.7 Å². The first kappa shape index (κ1) is 15.5. The second-order valence-corrected chi connectivity index (χ2v) is 4.67. The van der Waals surface area contributed by atoms with Crippen LogP contribution in [0.2, 0.25) is 5.02 Å². The summed E-state index contributed by atoms with van der Waals surface area (Å²) in [7, 11) is 0. The van der Waals surface area contributed by atoms with Gasteiger partial charge in [0.05, 0.1) is 22.9 Å². The zero-order valence-electron chi connectivity index (χ0n) is 11.6. The first-order valence-corrected chi connectivity index (χ1v) is 6.68. The average Bonchev–Trinajstić information content (AvgIpc) is 2.78. The summed E-state index contributed by atoms with van der Waals surface area (Å²) in [6, 6.07) is 4.45. The molecule has 0 amide bonds. The molecule has 0 aliphatic heterocycles. The van der Waals surface area contributed by atoms with Crippen molar-refractivity contribution < 1.29 is 19.0 Å². The lowest BCUT2D eigenvalue weighted by molar-refractivity contribution is 0.0502. The number of benzene rings is 1. The van der Waals surface area contributed by atoms with Gasteiger partial charge in [0.2, 0.25) is 0 Å². The van der Waals surface area contributed by atoms with Crippen LogP contribution in [0.15, 0.2) is 18.2 Å². The van der Waals surface area contributed by atoms with Gasteiger partial charge < -0.3 is 9.84 Å². The van der Waals surface area contributed by atoms with Crippen LogP contribution in [0.25, 0.3) is 11.4 Å². The molecule has 2 aromatic rings. The van der Waals surface area contributed by atoms with Gasteiger partial charge in [-0.15, -0.1) is 0 Å². The van der Waals surface area contributed by atoms with Crippen LogP contribution >= 0.6 is 11.6 Å². The quantitative estimate of drug-likeness (QED) is 0.882. The van der Waals surface area contributed by atoms with E-state index in [0.717, 1.165) is 0 Å². The molecule has 0 aliphatic carbocycles. The fraction of sp³-hybridized carbons (Fsp3) is 0.286. The van der Waals surface area contributed by atoms with Crippen molar-refractivity contribution in [2.75, 3.05) is 6.61 Å². The monoisotopic (exact) mass is 312 g/mol. The molecule has 112 valence electrons. The Morgan fingerprint density at radius 1 is 1.52 bits per heavy atom. The lowest BCUT2D eigenvalue weighted by Crippen LogP contribution is -2.14. The maximum atomic E-state index is 14.1. The number of rotatable bonds is 4. The molecule has 0 radical (unpaired) electrons. The number of imidazole rings is 1. The fourth-order valence-corrected chi connectivity index (χ4v) is 2.23. The van der Waals surface area contributed by atoms with E-state index in [0.29, 0.717) is 5.69 Å². The zero-order valence-corrected chi connectivity index (χ0v) is 12.3. The Balaban J connectivity index is 2.63. The standard InChI is InChI=1S/C14H14ClFN2O3/c1-3-21-14(20)12-8(2)17-13(18(12)7-19)9-5-4-6-10(15)11(9)16/h4-6,19H,3,7H2,1-2H3. The van der Waals surface area contributed by atoms with Gasteiger partial charge in [0.1, 0.15) is 12.6 Å². The van der Waals surface area contributed by atoms with Crippen LogP contribution in [0.5, 0.6) is 0 Å². The number of hydrogen-bond donors (Lipinski definition) is 1. The molecule has 1 aromatic heterocycles. The summed E-state index contributed by atoms with van der Waals surface area (Å²) in [5.41, 5.74) is 0.542. The third-order valence-electron chi connectivity index (χ3n) is 2.94. The first-order valence-electron chi connectivity index (χ1n) is 6.30. The highest BCUT2D eigenvalue weighted by Gasteiger charge is 2.24. The molecule has 0 fully saturated rings. The number of halogens is 2. The highest BCUT2D eigenvalue weighted by Crippen LogP contribution is 2.28. The third kappa shape index (κ3) is 2.77. The van der Waals surface area contributed by atoms with Crippen molar-refractivity contribution in [3.05, 3.63) is 40.4 Å². The van der Waals surface area contributed by atoms with Gasteiger partial charge in [0, 0.05) is 0 Å². The second kappa shape index (κ2) is 6.24. The molecule has 2 rings (SSSR count). The molecule has 1 heterocycles. The predicted octanol–water partition coefficient (Wildman–Crippen LogP) is 2.78. The molecule has 0 saturated carbocycles. The molecular formula is C14H14ClFN2O3. The predicted molar refractivity (Wildman–Crippen MR) is 75.5 cm³/mol. The minimum absolute atomic E-state index is 0.0599. The van der Waals surface area contributed by atoms with E-state index in [1.807, 2.05) is 0 Å². The van der Waals surface area contributed by atoms with Crippen molar-refractivity contribution >= 4 is 17.6 Å². The van der Waals surface area contributed by atoms with Crippen LogP contribution < -0.4 is 0 Å². The summed E-state index contributed by atoms with van der Waals surface area (Å²) in [5, 5.41) is 9.45. The molecule has 21 heavy (non-hydrogen) atoms. The number of aliphatic hydroxyl groups is 1. The number of carbonyl (C=O) groups excluding carboxylic acids is 1. The fourth-order valence-electron chi connectivity index (χ4n) is 2.05. The Morgan fingerprint density at radius 3 is 2.86 bits per heavy atom. The molecule has 1 N–H and O–H groups in total. The molecule has 1 aromatic carbocycles. The van der Waals surface area contributed by atoms with Gasteiger partial charge in [-0.1, -0.05) is 17.7 Å². The van der Waals surface area contributed by atoms with Crippen LogP contribution in [0.1, 0.15) is 23.1 Å². The van der Waals surface area contributed by atoms with Gasteiger partial charge in [0.15, 0.2) is 11.5 Å². The smallest absolute Gasteiger partial charge is 0.356 e. The summed E-state index contributed by atoms with van der Waals surface area (Å²) >= 11 is 5.75. The number of carbonyl (C=O) groups is 1. The van der Waals surface area contributed by atoms with Crippen LogP contribution in [0.3, 0.4) is 0 Å². The van der Waals surface area contributed by atoms with Crippen molar-refractivity contribution in [2.45, 2.75) is 20.6 Å². The number of aliphatic hydroxyl groups excluding tert-OH is 1. The van der Waals surface area contributed by atoms with E-state index < -0.39 is 18.5 Å². The lowest BCUT2D eigenvalue weighted by atomic mass is 10.2. The summed E-state index contributed by atoms with van der Waals surface area (Å²) in [5.74, 6) is -1.16. The maximum absolute atomic E-state index is 14.1. The zero-order chi connectivity index (χ0) is 15.6. The van der Waals surface area contributed by atoms with Gasteiger partial charge in [0.25, 0.3) is 0 Å². The Morgan fingerprint density at radius 2 is 2.24 bits per heavy atom. The minimum atomic E-state index is -0.658. The van der Waals surface area contributed by atoms with Crippen molar-refractivity contribution in [3.63, 3.8) is 0 Å². The molecule has 0 bridgehead atoms. The van der Waals surface area contributed by atoms with Gasteiger partial charge >= 0.3 is 5.97 Å². The van der Waals surface area contributed by atoms with Crippen molar-refractivity contribution in [1.82, 2.24) is 9.55 Å². The van der Waals surface area contributed by atoms with E-state index in [1.54, 1.807) is 19.9 Å². The summed E-state index contributed by atoms with van der Waals surface area (Å²) in [6.45, 7) is 2.92. The molecule has 0 aliphatic rings. The normalized spacial score (nSPS) is 10.7. The summed E-state index contributed by atoms with van der Waals surface area (Å²) < 4.78 is 20.2. The summed E-state index contributed by atoms with van der Waals surface area (Å²) in [6.07, 6.45) is 0. The molecule has 0 spiro atoms. The SMILES string of the molecule is CCOC(=O)c1c(C)nc(-c2cccc(Cl)c2F)n1CO. The lowest BCUT2D eigenvalue weighted by Gasteiger charge is -2.09. The van der Waals surface area contributed by atoms with E-state index in [1.165, 1.54) is 16.7 Å². The largest absolute Gasteiger partial charge is 0.461 e. The maximum Gasteiger partial charge on any atom is 0.356 e. The third-order valence-corrected chi connectivity index (χ3v) is 3.24. The topological polar surface area (TPSA) is 64.3 Å². The second-order valence-electron chi connectivity index (χ2n) is 4.26. The molecular weight excluding hydrogens is 299 g/mol. The van der Waals surface area contributed by atoms with E-state index in [2.05, 4.69) is 4.98 Å². The van der Waals surface area contributed by atoms with Crippen LogP contribution in [-0.4, -0.2) is 27.2 Å². The highest BCUT2D eigenvalue weighted by atomic mass is 35.5. The number of ether oxygens (including phenoxy) is 1. The summed E-state index contributed by atoms with van der Waals surface area (Å²) in [4.78, 5) is 16.1. The van der Waals surface area contributed by atoms with Crippen molar-refractivity contribution in [3.8, 4) is 11.4 Å². The van der Waals surface area contributed by atoms with Gasteiger partial charge in [-0.25, -0.2) is 14.2 Å². The van der Waals surface area contributed by atoms with E-state index in [-0.39, 0.29) is 28.7 Å². The minimum Gasteiger partial charge on any atom is -0.461 e. The Hall–Kier alpha value is -1.92. The van der Waals surface area contributed by atoms with E-state index in [4.69, 9.17) is 16.3 Å².